The van der Waals surface area contributed by atoms with Crippen LogP contribution in [0.1, 0.15) is 0 Å². The van der Waals surface area contributed by atoms with Gasteiger partial charge >= 0.3 is 0 Å². The molecule has 8 heteroatoms. The molecule has 3 aromatic rings. The van der Waals surface area contributed by atoms with Crippen LogP contribution in [0.2, 0.25) is 0 Å². The van der Waals surface area contributed by atoms with Crippen molar-refractivity contribution >= 4 is 45.3 Å². The van der Waals surface area contributed by atoms with Crippen molar-refractivity contribution < 1.29 is 5.11 Å². The number of hydrogen-bond donors (Lipinski definition) is 3. The van der Waals surface area contributed by atoms with Gasteiger partial charge in [0, 0.05) is 11.1 Å². The molecule has 23 heavy (non-hydrogen) atoms. The van der Waals surface area contributed by atoms with Gasteiger partial charge in [-0.1, -0.05) is 18.2 Å². The smallest absolute Gasteiger partial charge is 0.218 e. The van der Waals surface area contributed by atoms with E-state index in [1.807, 2.05) is 24.3 Å². The molecule has 0 atom stereocenters. The quantitative estimate of drug-likeness (QED) is 0.367. The lowest BCUT2D eigenvalue weighted by Gasteiger charge is -2.02. The van der Waals surface area contributed by atoms with Crippen molar-refractivity contribution in [2.75, 3.05) is 5.32 Å². The number of thiocarbonyl (C=S) groups is 1. The Hall–Kier alpha value is -3.13. The summed E-state index contributed by atoms with van der Waals surface area (Å²) in [5.41, 5.74) is 2.07. The molecule has 0 fully saturated rings. The van der Waals surface area contributed by atoms with Crippen molar-refractivity contribution in [1.82, 2.24) is 4.98 Å². The first-order valence-electron chi connectivity index (χ1n) is 6.63. The number of fused-ring (bicyclic) bond motifs is 1. The zero-order valence-corrected chi connectivity index (χ0v) is 12.5. The van der Waals surface area contributed by atoms with E-state index in [2.05, 4.69) is 25.7 Å². The predicted octanol–water partition coefficient (Wildman–Crippen LogP) is 4.75. The molecule has 0 aliphatic heterocycles. The van der Waals surface area contributed by atoms with Crippen molar-refractivity contribution in [3.05, 3.63) is 53.4 Å². The first-order chi connectivity index (χ1) is 11.2. The Bertz CT molecular complexity index is 902. The molecule has 0 amide bonds. The second-order valence-corrected chi connectivity index (χ2v) is 5.02. The van der Waals surface area contributed by atoms with E-state index in [0.717, 1.165) is 10.9 Å². The molecule has 1 heterocycles. The summed E-state index contributed by atoms with van der Waals surface area (Å²) in [5.74, 6) is -0.0702. The number of H-pyrrole nitrogens is 1. The maximum absolute atomic E-state index is 10.4. The number of benzene rings is 2. The predicted molar refractivity (Wildman–Crippen MR) is 92.6 cm³/mol. The van der Waals surface area contributed by atoms with Gasteiger partial charge in [-0.15, -0.1) is 15.1 Å². The number of azo groups is 1. The SMILES string of the molecule is O=Nc1ccc(NC(=S)N=Nc2c(O)[nH]c3ccccc23)cc1. The van der Waals surface area contributed by atoms with Crippen LogP contribution in [0.3, 0.4) is 0 Å². The number of aromatic amines is 1. The zero-order chi connectivity index (χ0) is 16.2. The van der Waals surface area contributed by atoms with Gasteiger partial charge in [-0.25, -0.2) is 0 Å². The zero-order valence-electron chi connectivity index (χ0n) is 11.7. The molecule has 114 valence electrons. The van der Waals surface area contributed by atoms with Crippen LogP contribution < -0.4 is 5.32 Å². The average molecular weight is 325 g/mol. The van der Waals surface area contributed by atoms with Gasteiger partial charge in [0.1, 0.15) is 5.69 Å². The fraction of sp³-hybridized carbons (Fsp3) is 0. The summed E-state index contributed by atoms with van der Waals surface area (Å²) < 4.78 is 0. The highest BCUT2D eigenvalue weighted by Crippen LogP contribution is 2.35. The molecule has 0 unspecified atom stereocenters. The summed E-state index contributed by atoms with van der Waals surface area (Å²) in [5, 5.41) is 24.3. The Morgan fingerprint density at radius 1 is 1.13 bits per heavy atom. The molecule has 3 rings (SSSR count). The minimum atomic E-state index is -0.0702. The Kier molecular flexibility index (Phi) is 4.07. The van der Waals surface area contributed by atoms with Gasteiger partial charge < -0.3 is 15.4 Å². The highest BCUT2D eigenvalue weighted by Gasteiger charge is 2.09. The average Bonchev–Trinajstić information content (AvgIpc) is 2.89. The lowest BCUT2D eigenvalue weighted by atomic mass is 10.2. The van der Waals surface area contributed by atoms with Crippen LogP contribution in [0, 0.1) is 4.91 Å². The fourth-order valence-corrected chi connectivity index (χ4v) is 2.22. The molecule has 0 radical (unpaired) electrons. The molecule has 2 aromatic carbocycles. The number of aromatic nitrogens is 1. The Morgan fingerprint density at radius 3 is 2.61 bits per heavy atom. The van der Waals surface area contributed by atoms with E-state index in [1.165, 1.54) is 0 Å². The van der Waals surface area contributed by atoms with Crippen molar-refractivity contribution in [2.45, 2.75) is 0 Å². The van der Waals surface area contributed by atoms with Gasteiger partial charge in [0.2, 0.25) is 11.0 Å². The lowest BCUT2D eigenvalue weighted by Crippen LogP contribution is -2.04. The third kappa shape index (κ3) is 3.22. The third-order valence-corrected chi connectivity index (χ3v) is 3.31. The Morgan fingerprint density at radius 2 is 1.87 bits per heavy atom. The van der Waals surface area contributed by atoms with E-state index in [1.54, 1.807) is 24.3 Å². The highest BCUT2D eigenvalue weighted by molar-refractivity contribution is 7.80. The maximum Gasteiger partial charge on any atom is 0.218 e. The molecule has 0 saturated heterocycles. The summed E-state index contributed by atoms with van der Waals surface area (Å²) in [4.78, 5) is 13.2. The summed E-state index contributed by atoms with van der Waals surface area (Å²) in [7, 11) is 0. The van der Waals surface area contributed by atoms with Crippen molar-refractivity contribution in [1.29, 1.82) is 0 Å². The van der Waals surface area contributed by atoms with Crippen molar-refractivity contribution in [3.63, 3.8) is 0 Å². The van der Waals surface area contributed by atoms with Crippen LogP contribution in [0.15, 0.2) is 63.9 Å². The topological polar surface area (TPSA) is 102 Å². The first kappa shape index (κ1) is 14.8. The maximum atomic E-state index is 10.4. The number of hydrogen-bond acceptors (Lipinski definition) is 5. The summed E-state index contributed by atoms with van der Waals surface area (Å²) in [6.45, 7) is 0. The summed E-state index contributed by atoms with van der Waals surface area (Å²) in [6.07, 6.45) is 0. The van der Waals surface area contributed by atoms with Crippen LogP contribution in [-0.4, -0.2) is 15.2 Å². The molecule has 0 saturated carbocycles. The fourth-order valence-electron chi connectivity index (χ4n) is 2.06. The van der Waals surface area contributed by atoms with E-state index in [0.29, 0.717) is 17.1 Å². The molecular weight excluding hydrogens is 314 g/mol. The molecule has 1 aromatic heterocycles. The molecular formula is C15H11N5O2S. The number of rotatable bonds is 3. The standard InChI is InChI=1S/C15H11N5O2S/c21-14-13(11-3-1-2-4-12(11)17-14)18-19-15(23)16-9-5-7-10(20-22)8-6-9/h1-8,17,21H,(H,16,23). The van der Waals surface area contributed by atoms with Crippen LogP contribution >= 0.6 is 12.2 Å². The van der Waals surface area contributed by atoms with Gasteiger partial charge in [0.05, 0.1) is 5.52 Å². The number of anilines is 1. The number of nitrogens with one attached hydrogen (secondary N) is 2. The Labute approximate surface area is 136 Å². The number of para-hydroxylation sites is 1. The van der Waals surface area contributed by atoms with Gasteiger partial charge in [-0.05, 0) is 47.7 Å². The molecule has 0 aliphatic rings. The number of aromatic hydroxyl groups is 1. The van der Waals surface area contributed by atoms with Crippen molar-refractivity contribution in [3.8, 4) is 5.88 Å². The number of nitroso groups, excluding NO2 is 1. The molecule has 0 spiro atoms. The van der Waals surface area contributed by atoms with Crippen LogP contribution in [0.5, 0.6) is 5.88 Å². The van der Waals surface area contributed by atoms with Gasteiger partial charge in [-0.2, -0.15) is 0 Å². The minimum absolute atomic E-state index is 0.0702. The molecule has 0 aliphatic carbocycles. The normalized spacial score (nSPS) is 11.0. The Balaban J connectivity index is 1.77. The second kappa shape index (κ2) is 6.32. The van der Waals surface area contributed by atoms with E-state index >= 15 is 0 Å². The highest BCUT2D eigenvalue weighted by atomic mass is 32.1. The molecule has 3 N–H and O–H groups in total. The molecule has 7 nitrogen and oxygen atoms in total. The van der Waals surface area contributed by atoms with Gasteiger partial charge in [-0.3, -0.25) is 0 Å². The van der Waals surface area contributed by atoms with Crippen molar-refractivity contribution in [2.24, 2.45) is 15.4 Å². The largest absolute Gasteiger partial charge is 0.493 e. The van der Waals surface area contributed by atoms with Crippen LogP contribution in [-0.2, 0) is 0 Å². The lowest BCUT2D eigenvalue weighted by molar-refractivity contribution is 0.459. The second-order valence-electron chi connectivity index (χ2n) is 4.64. The van der Waals surface area contributed by atoms with E-state index in [-0.39, 0.29) is 11.0 Å². The third-order valence-electron chi connectivity index (χ3n) is 3.12. The first-order valence-corrected chi connectivity index (χ1v) is 7.04. The van der Waals surface area contributed by atoms with E-state index in [4.69, 9.17) is 12.2 Å². The summed E-state index contributed by atoms with van der Waals surface area (Å²) in [6, 6.07) is 13.8. The van der Waals surface area contributed by atoms with Crippen LogP contribution in [0.25, 0.3) is 10.9 Å². The van der Waals surface area contributed by atoms with Crippen LogP contribution in [0.4, 0.5) is 17.1 Å². The molecule has 0 bridgehead atoms. The van der Waals surface area contributed by atoms with Gasteiger partial charge in [0.25, 0.3) is 0 Å². The number of nitrogens with zero attached hydrogens (tertiary/aromatic N) is 3. The van der Waals surface area contributed by atoms with E-state index < -0.39 is 0 Å². The monoisotopic (exact) mass is 325 g/mol. The minimum Gasteiger partial charge on any atom is -0.493 e. The van der Waals surface area contributed by atoms with Gasteiger partial charge in [0.15, 0.2) is 5.69 Å². The summed E-state index contributed by atoms with van der Waals surface area (Å²) >= 11 is 5.09. The van der Waals surface area contributed by atoms with E-state index in [9.17, 15) is 10.0 Å².